The number of nitrogens with two attached hydrogens (primary N) is 1. The van der Waals surface area contributed by atoms with E-state index in [1.165, 1.54) is 11.9 Å². The second-order valence-electron chi connectivity index (χ2n) is 3.37. The Morgan fingerprint density at radius 3 is 2.56 bits per heavy atom. The number of carboxylic acid groups (broad SMARTS) is 1. The van der Waals surface area contributed by atoms with E-state index in [1.54, 1.807) is 24.5 Å². The van der Waals surface area contributed by atoms with Crippen LogP contribution in [0.25, 0.3) is 0 Å². The Kier molecular flexibility index (Phi) is 3.96. The Bertz CT molecular complexity index is 380. The predicted octanol–water partition coefficient (Wildman–Crippen LogP) is -0.548. The number of likely N-dealkylation sites (N-methyl/N-ethyl adjacent to an activating group) is 1. The van der Waals surface area contributed by atoms with Crippen molar-refractivity contribution in [2.75, 3.05) is 7.05 Å². The molecule has 0 aliphatic carbocycles. The Morgan fingerprint density at radius 1 is 1.50 bits per heavy atom. The van der Waals surface area contributed by atoms with Crippen LogP contribution in [0.5, 0.6) is 0 Å². The molecule has 1 unspecified atom stereocenters. The van der Waals surface area contributed by atoms with E-state index >= 15 is 0 Å². The van der Waals surface area contributed by atoms with Crippen molar-refractivity contribution in [3.8, 4) is 0 Å². The van der Waals surface area contributed by atoms with Crippen LogP contribution in [0.15, 0.2) is 24.5 Å². The number of hydrogen-bond donors (Lipinski definition) is 2. The van der Waals surface area contributed by atoms with Crippen LogP contribution in [0.4, 0.5) is 0 Å². The maximum atomic E-state index is 11.5. The summed E-state index contributed by atoms with van der Waals surface area (Å²) >= 11 is 0. The molecule has 6 nitrogen and oxygen atoms in total. The number of rotatable bonds is 4. The van der Waals surface area contributed by atoms with Gasteiger partial charge in [0.05, 0.1) is 0 Å². The molecule has 1 atom stereocenters. The van der Waals surface area contributed by atoms with Gasteiger partial charge in [-0.15, -0.1) is 0 Å². The second-order valence-corrected chi connectivity index (χ2v) is 3.37. The van der Waals surface area contributed by atoms with Crippen molar-refractivity contribution in [1.82, 2.24) is 9.88 Å². The van der Waals surface area contributed by atoms with Gasteiger partial charge in [-0.2, -0.15) is 0 Å². The Hall–Kier alpha value is -1.95. The smallest absolute Gasteiger partial charge is 0.330 e. The molecular formula is C10H13N3O3. The third kappa shape index (κ3) is 3.03. The molecule has 0 fully saturated rings. The summed E-state index contributed by atoms with van der Waals surface area (Å²) in [4.78, 5) is 27.1. The van der Waals surface area contributed by atoms with Crippen LogP contribution in [0, 0.1) is 0 Å². The third-order valence-electron chi connectivity index (χ3n) is 2.08. The molecule has 1 aromatic heterocycles. The number of carbonyl (C=O) groups excluding carboxylic acids is 1. The average molecular weight is 223 g/mol. The van der Waals surface area contributed by atoms with E-state index < -0.39 is 17.9 Å². The molecule has 1 amide bonds. The van der Waals surface area contributed by atoms with Crippen molar-refractivity contribution in [1.29, 1.82) is 0 Å². The average Bonchev–Trinajstić information content (AvgIpc) is 2.28. The molecule has 0 aliphatic heterocycles. The number of aliphatic carboxylic acids is 1. The van der Waals surface area contributed by atoms with E-state index in [4.69, 9.17) is 10.8 Å². The Morgan fingerprint density at radius 2 is 2.06 bits per heavy atom. The molecule has 0 radical (unpaired) electrons. The minimum Gasteiger partial charge on any atom is -0.480 e. The second kappa shape index (κ2) is 5.22. The highest BCUT2D eigenvalue weighted by Gasteiger charge is 2.24. The zero-order valence-electron chi connectivity index (χ0n) is 8.83. The van der Waals surface area contributed by atoms with E-state index in [0.29, 0.717) is 6.54 Å². The van der Waals surface area contributed by atoms with Gasteiger partial charge < -0.3 is 15.7 Å². The fourth-order valence-electron chi connectivity index (χ4n) is 1.18. The van der Waals surface area contributed by atoms with Gasteiger partial charge in [-0.05, 0) is 17.7 Å². The number of carbonyl (C=O) groups is 2. The van der Waals surface area contributed by atoms with Gasteiger partial charge in [-0.1, -0.05) is 0 Å². The number of pyridine rings is 1. The summed E-state index contributed by atoms with van der Waals surface area (Å²) in [7, 11) is 1.51. The number of aromatic nitrogens is 1. The van der Waals surface area contributed by atoms with Crippen molar-refractivity contribution >= 4 is 11.9 Å². The lowest BCUT2D eigenvalue weighted by molar-refractivity contribution is -0.146. The number of amides is 1. The highest BCUT2D eigenvalue weighted by molar-refractivity contribution is 6.00. The molecule has 1 heterocycles. The lowest BCUT2D eigenvalue weighted by Gasteiger charge is -2.19. The summed E-state index contributed by atoms with van der Waals surface area (Å²) in [6.07, 6.45) is 3.20. The van der Waals surface area contributed by atoms with Crippen LogP contribution < -0.4 is 5.73 Å². The largest absolute Gasteiger partial charge is 0.480 e. The molecule has 0 aliphatic rings. The van der Waals surface area contributed by atoms with Crippen molar-refractivity contribution < 1.29 is 14.7 Å². The molecule has 0 aromatic carbocycles. The number of hydrogen-bond acceptors (Lipinski definition) is 4. The predicted molar refractivity (Wildman–Crippen MR) is 56.3 cm³/mol. The van der Waals surface area contributed by atoms with Crippen molar-refractivity contribution in [3.05, 3.63) is 30.1 Å². The first-order chi connectivity index (χ1) is 7.52. The first-order valence-electron chi connectivity index (χ1n) is 4.64. The molecule has 0 bridgehead atoms. The van der Waals surface area contributed by atoms with Gasteiger partial charge in [0.2, 0.25) is 0 Å². The third-order valence-corrected chi connectivity index (χ3v) is 2.08. The molecule has 16 heavy (non-hydrogen) atoms. The highest BCUT2D eigenvalue weighted by Crippen LogP contribution is 2.02. The van der Waals surface area contributed by atoms with Gasteiger partial charge in [0.25, 0.3) is 5.91 Å². The fourth-order valence-corrected chi connectivity index (χ4v) is 1.18. The summed E-state index contributed by atoms with van der Waals surface area (Å²) in [5, 5.41) is 8.58. The van der Waals surface area contributed by atoms with Crippen LogP contribution in [-0.4, -0.2) is 40.0 Å². The fraction of sp³-hybridized carbons (Fsp3) is 0.300. The normalized spacial score (nSPS) is 11.9. The van der Waals surface area contributed by atoms with Crippen LogP contribution >= 0.6 is 0 Å². The molecular weight excluding hydrogens is 210 g/mol. The van der Waals surface area contributed by atoms with Crippen LogP contribution in [0.2, 0.25) is 0 Å². The Labute approximate surface area is 92.7 Å². The SMILES string of the molecule is CN(Cc1ccncc1)C(=O)C(N)C(=O)O. The zero-order chi connectivity index (χ0) is 12.1. The van der Waals surface area contributed by atoms with E-state index in [-0.39, 0.29) is 0 Å². The maximum Gasteiger partial charge on any atom is 0.330 e. The monoisotopic (exact) mass is 223 g/mol. The summed E-state index contributed by atoms with van der Waals surface area (Å²) < 4.78 is 0. The topological polar surface area (TPSA) is 96.5 Å². The quantitative estimate of drug-likeness (QED) is 0.668. The summed E-state index contributed by atoms with van der Waals surface area (Å²) in [5.41, 5.74) is 6.08. The minimum absolute atomic E-state index is 0.308. The van der Waals surface area contributed by atoms with E-state index in [2.05, 4.69) is 4.98 Å². The van der Waals surface area contributed by atoms with Crippen LogP contribution in [0.1, 0.15) is 5.56 Å². The summed E-state index contributed by atoms with van der Waals surface area (Å²) in [6.45, 7) is 0.308. The van der Waals surface area contributed by atoms with E-state index in [0.717, 1.165) is 5.56 Å². The van der Waals surface area contributed by atoms with Gasteiger partial charge in [-0.25, -0.2) is 4.79 Å². The maximum absolute atomic E-state index is 11.5. The molecule has 0 saturated carbocycles. The minimum atomic E-state index is -1.51. The summed E-state index contributed by atoms with van der Waals surface area (Å²) in [6, 6.07) is 1.98. The summed E-state index contributed by atoms with van der Waals surface area (Å²) in [5.74, 6) is -1.95. The van der Waals surface area contributed by atoms with Gasteiger partial charge in [-0.3, -0.25) is 9.78 Å². The molecule has 0 saturated heterocycles. The number of carboxylic acids is 1. The van der Waals surface area contributed by atoms with E-state index in [9.17, 15) is 9.59 Å². The van der Waals surface area contributed by atoms with Crippen LogP contribution in [-0.2, 0) is 16.1 Å². The lowest BCUT2D eigenvalue weighted by Crippen LogP contribution is -2.46. The molecule has 0 spiro atoms. The zero-order valence-corrected chi connectivity index (χ0v) is 8.83. The first kappa shape index (κ1) is 12.1. The molecule has 1 rings (SSSR count). The number of nitrogens with zero attached hydrogens (tertiary/aromatic N) is 2. The van der Waals surface area contributed by atoms with Crippen molar-refractivity contribution in [2.45, 2.75) is 12.6 Å². The van der Waals surface area contributed by atoms with Gasteiger partial charge in [0.15, 0.2) is 6.04 Å². The van der Waals surface area contributed by atoms with Crippen molar-refractivity contribution in [2.24, 2.45) is 5.73 Å². The standard InChI is InChI=1S/C10H13N3O3/c1-13(9(14)8(11)10(15)16)6-7-2-4-12-5-3-7/h2-5,8H,6,11H2,1H3,(H,15,16). The van der Waals surface area contributed by atoms with E-state index in [1.807, 2.05) is 0 Å². The molecule has 3 N–H and O–H groups in total. The van der Waals surface area contributed by atoms with Gasteiger partial charge >= 0.3 is 5.97 Å². The Balaban J connectivity index is 2.62. The first-order valence-corrected chi connectivity index (χ1v) is 4.64. The molecule has 1 aromatic rings. The lowest BCUT2D eigenvalue weighted by atomic mass is 10.2. The molecule has 86 valence electrons. The van der Waals surface area contributed by atoms with Gasteiger partial charge in [0.1, 0.15) is 0 Å². The van der Waals surface area contributed by atoms with Gasteiger partial charge in [0, 0.05) is 26.0 Å². The highest BCUT2D eigenvalue weighted by atomic mass is 16.4. The molecule has 6 heteroatoms. The van der Waals surface area contributed by atoms with Crippen molar-refractivity contribution in [3.63, 3.8) is 0 Å². The van der Waals surface area contributed by atoms with Crippen LogP contribution in [0.3, 0.4) is 0 Å².